The van der Waals surface area contributed by atoms with E-state index in [1.54, 1.807) is 6.26 Å². The van der Waals surface area contributed by atoms with E-state index in [0.717, 1.165) is 31.7 Å². The van der Waals surface area contributed by atoms with Crippen LogP contribution in [0.4, 0.5) is 0 Å². The van der Waals surface area contributed by atoms with E-state index in [-0.39, 0.29) is 5.41 Å². The zero-order chi connectivity index (χ0) is 16.2. The van der Waals surface area contributed by atoms with Crippen molar-refractivity contribution in [3.05, 3.63) is 53.0 Å². The van der Waals surface area contributed by atoms with Crippen LogP contribution in [-0.4, -0.2) is 22.6 Å². The van der Waals surface area contributed by atoms with Crippen molar-refractivity contribution in [2.24, 2.45) is 5.92 Å². The Morgan fingerprint density at radius 2 is 2.17 bits per heavy atom. The number of hydrogen-bond donors (Lipinski definition) is 1. The molecule has 1 aromatic heterocycles. The molecular weight excluding hydrogens is 286 g/mol. The molecule has 0 unspecified atom stereocenters. The van der Waals surface area contributed by atoms with E-state index in [2.05, 4.69) is 31.7 Å². The van der Waals surface area contributed by atoms with Crippen LogP contribution in [0.5, 0.6) is 5.75 Å². The summed E-state index contributed by atoms with van der Waals surface area (Å²) >= 11 is 0. The van der Waals surface area contributed by atoms with Gasteiger partial charge in [-0.15, -0.1) is 0 Å². The number of aryl methyl sites for hydroxylation is 1. The number of likely N-dealkylation sites (tertiary alicyclic amines) is 1. The standard InChI is InChI=1S/C20H25NO2/c1-13-6-9-23-19(13)12-21-8-7-20(3)14(2)18(21)10-15-4-5-16(22)11-17(15)20/h4-6,9,11,14,18,22H,7-8,10,12H2,1-3H3/t14-,18+,20+/m0/s1. The van der Waals surface area contributed by atoms with Crippen LogP contribution >= 0.6 is 0 Å². The van der Waals surface area contributed by atoms with Gasteiger partial charge in [0.1, 0.15) is 11.5 Å². The first kappa shape index (κ1) is 14.8. The summed E-state index contributed by atoms with van der Waals surface area (Å²) in [4.78, 5) is 2.59. The molecule has 2 aromatic rings. The van der Waals surface area contributed by atoms with Crippen LogP contribution in [0.15, 0.2) is 34.9 Å². The summed E-state index contributed by atoms with van der Waals surface area (Å²) in [6.45, 7) is 8.85. The molecule has 1 fully saturated rings. The van der Waals surface area contributed by atoms with Crippen molar-refractivity contribution in [2.45, 2.75) is 51.6 Å². The quantitative estimate of drug-likeness (QED) is 0.910. The molecule has 122 valence electrons. The molecule has 2 bridgehead atoms. The van der Waals surface area contributed by atoms with Crippen molar-refractivity contribution in [3.8, 4) is 5.75 Å². The first-order chi connectivity index (χ1) is 11.0. The second kappa shape index (κ2) is 5.13. The highest BCUT2D eigenvalue weighted by Crippen LogP contribution is 2.49. The van der Waals surface area contributed by atoms with Crippen LogP contribution in [0.3, 0.4) is 0 Å². The lowest BCUT2D eigenvalue weighted by atomic mass is 9.59. The Labute approximate surface area is 137 Å². The van der Waals surface area contributed by atoms with Gasteiger partial charge in [0.2, 0.25) is 0 Å². The van der Waals surface area contributed by atoms with Gasteiger partial charge in [-0.05, 0) is 72.5 Å². The lowest BCUT2D eigenvalue weighted by molar-refractivity contribution is 0.0215. The minimum absolute atomic E-state index is 0.158. The van der Waals surface area contributed by atoms with Gasteiger partial charge < -0.3 is 9.52 Å². The normalized spacial score (nSPS) is 30.2. The zero-order valence-corrected chi connectivity index (χ0v) is 14.2. The Hall–Kier alpha value is -1.74. The number of aromatic hydroxyl groups is 1. The molecule has 3 atom stereocenters. The first-order valence-electron chi connectivity index (χ1n) is 8.58. The molecular formula is C20H25NO2. The second-order valence-electron chi connectivity index (χ2n) is 7.57. The van der Waals surface area contributed by atoms with Crippen molar-refractivity contribution in [2.75, 3.05) is 6.54 Å². The van der Waals surface area contributed by atoms with Crippen molar-refractivity contribution in [1.29, 1.82) is 0 Å². The number of rotatable bonds is 2. The molecule has 4 rings (SSSR count). The highest BCUT2D eigenvalue weighted by Gasteiger charge is 2.48. The van der Waals surface area contributed by atoms with Crippen molar-refractivity contribution in [3.63, 3.8) is 0 Å². The minimum atomic E-state index is 0.158. The van der Waals surface area contributed by atoms with E-state index in [0.29, 0.717) is 17.7 Å². The number of benzene rings is 1. The third-order valence-electron chi connectivity index (χ3n) is 6.42. The molecule has 23 heavy (non-hydrogen) atoms. The fourth-order valence-electron chi connectivity index (χ4n) is 4.64. The highest BCUT2D eigenvalue weighted by atomic mass is 16.3. The third-order valence-corrected chi connectivity index (χ3v) is 6.42. The average molecular weight is 311 g/mol. The predicted molar refractivity (Wildman–Crippen MR) is 90.6 cm³/mol. The summed E-state index contributed by atoms with van der Waals surface area (Å²) in [6, 6.07) is 8.52. The van der Waals surface area contributed by atoms with E-state index >= 15 is 0 Å². The van der Waals surface area contributed by atoms with E-state index < -0.39 is 0 Å². The molecule has 1 aromatic carbocycles. The Morgan fingerprint density at radius 1 is 1.35 bits per heavy atom. The minimum Gasteiger partial charge on any atom is -0.508 e. The lowest BCUT2D eigenvalue weighted by Gasteiger charge is -2.54. The van der Waals surface area contributed by atoms with Crippen molar-refractivity contribution < 1.29 is 9.52 Å². The van der Waals surface area contributed by atoms with Gasteiger partial charge in [-0.2, -0.15) is 0 Å². The summed E-state index contributed by atoms with van der Waals surface area (Å²) < 4.78 is 5.68. The monoisotopic (exact) mass is 311 g/mol. The molecule has 3 heteroatoms. The van der Waals surface area contributed by atoms with E-state index in [1.807, 2.05) is 18.2 Å². The van der Waals surface area contributed by atoms with E-state index in [4.69, 9.17) is 4.42 Å². The van der Waals surface area contributed by atoms with Gasteiger partial charge in [0.15, 0.2) is 0 Å². The fourth-order valence-corrected chi connectivity index (χ4v) is 4.64. The van der Waals surface area contributed by atoms with Gasteiger partial charge in [-0.1, -0.05) is 19.9 Å². The maximum absolute atomic E-state index is 9.92. The molecule has 2 heterocycles. The summed E-state index contributed by atoms with van der Waals surface area (Å²) in [7, 11) is 0. The molecule has 2 aliphatic rings. The molecule has 1 aliphatic carbocycles. The summed E-state index contributed by atoms with van der Waals surface area (Å²) in [5.74, 6) is 2.06. The molecule has 0 saturated carbocycles. The molecule has 0 amide bonds. The number of phenolic OH excluding ortho intramolecular Hbond substituents is 1. The Morgan fingerprint density at radius 3 is 2.91 bits per heavy atom. The van der Waals surface area contributed by atoms with E-state index in [1.165, 1.54) is 16.7 Å². The van der Waals surface area contributed by atoms with Crippen LogP contribution < -0.4 is 0 Å². The number of fused-ring (bicyclic) bond motifs is 4. The number of nitrogens with zero attached hydrogens (tertiary/aromatic N) is 1. The maximum Gasteiger partial charge on any atom is 0.120 e. The van der Waals surface area contributed by atoms with Crippen LogP contribution in [0, 0.1) is 12.8 Å². The average Bonchev–Trinajstić information content (AvgIpc) is 2.92. The lowest BCUT2D eigenvalue weighted by Crippen LogP contribution is -2.57. The van der Waals surface area contributed by atoms with Gasteiger partial charge in [0, 0.05) is 6.04 Å². The molecule has 0 spiro atoms. The summed E-state index contributed by atoms with van der Waals surface area (Å²) in [5, 5.41) is 9.92. The number of phenols is 1. The molecule has 1 saturated heterocycles. The largest absolute Gasteiger partial charge is 0.508 e. The SMILES string of the molecule is Cc1ccoc1CN1CC[C@@]2(C)c3cc(O)ccc3C[C@@H]1[C@@H]2C. The maximum atomic E-state index is 9.92. The van der Waals surface area contributed by atoms with E-state index in [9.17, 15) is 5.11 Å². The summed E-state index contributed by atoms with van der Waals surface area (Å²) in [6.07, 6.45) is 3.98. The number of hydrogen-bond acceptors (Lipinski definition) is 3. The van der Waals surface area contributed by atoms with Gasteiger partial charge >= 0.3 is 0 Å². The molecule has 1 aliphatic heterocycles. The first-order valence-corrected chi connectivity index (χ1v) is 8.58. The third kappa shape index (κ3) is 2.21. The van der Waals surface area contributed by atoms with Gasteiger partial charge in [0.05, 0.1) is 12.8 Å². The zero-order valence-electron chi connectivity index (χ0n) is 14.2. The molecule has 3 nitrogen and oxygen atoms in total. The Balaban J connectivity index is 1.68. The van der Waals surface area contributed by atoms with Crippen molar-refractivity contribution >= 4 is 0 Å². The van der Waals surface area contributed by atoms with Crippen LogP contribution in [-0.2, 0) is 18.4 Å². The molecule has 1 N–H and O–H groups in total. The Bertz CT molecular complexity index is 735. The van der Waals surface area contributed by atoms with Gasteiger partial charge in [-0.25, -0.2) is 0 Å². The van der Waals surface area contributed by atoms with Gasteiger partial charge in [-0.3, -0.25) is 4.90 Å². The van der Waals surface area contributed by atoms with Crippen molar-refractivity contribution in [1.82, 2.24) is 4.90 Å². The predicted octanol–water partition coefficient (Wildman–Crippen LogP) is 4.02. The van der Waals surface area contributed by atoms with Gasteiger partial charge in [0.25, 0.3) is 0 Å². The Kier molecular flexibility index (Phi) is 3.31. The van der Waals surface area contributed by atoms with Crippen LogP contribution in [0.1, 0.15) is 42.7 Å². The number of piperidine rings is 1. The van der Waals surface area contributed by atoms with Crippen LogP contribution in [0.2, 0.25) is 0 Å². The highest BCUT2D eigenvalue weighted by molar-refractivity contribution is 5.44. The molecule has 0 radical (unpaired) electrons. The fraction of sp³-hybridized carbons (Fsp3) is 0.500. The smallest absolute Gasteiger partial charge is 0.120 e. The summed E-state index contributed by atoms with van der Waals surface area (Å²) in [5.41, 5.74) is 4.16. The topological polar surface area (TPSA) is 36.6 Å². The van der Waals surface area contributed by atoms with Crippen LogP contribution in [0.25, 0.3) is 0 Å². The number of furan rings is 1. The second-order valence-corrected chi connectivity index (χ2v) is 7.57.